The number of benzene rings is 1. The number of hydrogen-bond donors (Lipinski definition) is 0. The third kappa shape index (κ3) is 3.60. The molecule has 1 aromatic carbocycles. The van der Waals surface area contributed by atoms with Gasteiger partial charge in [-0.05, 0) is 37.4 Å². The number of rotatable bonds is 4. The number of likely N-dealkylation sites (tertiary alicyclic amines) is 1. The second-order valence-electron chi connectivity index (χ2n) is 5.56. The first-order valence-corrected chi connectivity index (χ1v) is 7.58. The van der Waals surface area contributed by atoms with Crippen molar-refractivity contribution in [2.24, 2.45) is 5.92 Å². The molecule has 2 aromatic rings. The van der Waals surface area contributed by atoms with E-state index in [4.69, 9.17) is 11.6 Å². The number of piperidine rings is 1. The fourth-order valence-electron chi connectivity index (χ4n) is 2.94. The molecule has 0 saturated carbocycles. The summed E-state index contributed by atoms with van der Waals surface area (Å²) in [5.74, 6) is 0.298. The van der Waals surface area contributed by atoms with Gasteiger partial charge in [0.1, 0.15) is 18.5 Å². The lowest BCUT2D eigenvalue weighted by atomic mass is 9.97. The number of nitrogens with zero attached hydrogens (tertiary/aromatic N) is 4. The van der Waals surface area contributed by atoms with Gasteiger partial charge in [-0.1, -0.05) is 17.7 Å². The van der Waals surface area contributed by atoms with Crippen molar-refractivity contribution < 1.29 is 4.39 Å². The van der Waals surface area contributed by atoms with E-state index < -0.39 is 0 Å². The van der Waals surface area contributed by atoms with E-state index in [-0.39, 0.29) is 5.82 Å². The van der Waals surface area contributed by atoms with Gasteiger partial charge in [-0.15, -0.1) is 0 Å². The summed E-state index contributed by atoms with van der Waals surface area (Å²) in [5, 5.41) is 4.66. The van der Waals surface area contributed by atoms with Gasteiger partial charge in [0.2, 0.25) is 0 Å². The minimum absolute atomic E-state index is 0.221. The minimum atomic E-state index is -0.221. The molecule has 1 atom stereocenters. The molecule has 1 aromatic heterocycles. The molecular formula is C15H18ClFN4. The molecule has 1 aliphatic rings. The second kappa shape index (κ2) is 6.54. The molecule has 1 fully saturated rings. The SMILES string of the molecule is Fc1cccc(Cl)c1CN1CCC[C@@H](Cn2cncn2)C1. The van der Waals surface area contributed by atoms with Gasteiger partial charge < -0.3 is 0 Å². The van der Waals surface area contributed by atoms with Crippen LogP contribution in [-0.2, 0) is 13.1 Å². The van der Waals surface area contributed by atoms with Gasteiger partial charge in [-0.25, -0.2) is 9.37 Å². The summed E-state index contributed by atoms with van der Waals surface area (Å²) in [6.07, 6.45) is 5.58. The lowest BCUT2D eigenvalue weighted by Crippen LogP contribution is -2.37. The fraction of sp³-hybridized carbons (Fsp3) is 0.467. The Balaban J connectivity index is 1.63. The zero-order chi connectivity index (χ0) is 14.7. The molecule has 2 heterocycles. The van der Waals surface area contributed by atoms with Crippen LogP contribution in [0.1, 0.15) is 18.4 Å². The van der Waals surface area contributed by atoms with Crippen molar-refractivity contribution in [2.75, 3.05) is 13.1 Å². The first-order valence-electron chi connectivity index (χ1n) is 7.20. The van der Waals surface area contributed by atoms with Gasteiger partial charge in [0.15, 0.2) is 0 Å². The molecule has 112 valence electrons. The molecule has 0 aliphatic carbocycles. The molecule has 4 nitrogen and oxygen atoms in total. The standard InChI is InChI=1S/C15H18ClFN4/c16-14-4-1-5-15(17)13(14)9-20-6-2-3-12(7-20)8-21-11-18-10-19-21/h1,4-5,10-12H,2-3,6-9H2/t12-/m1/s1. The first-order chi connectivity index (χ1) is 10.2. The third-order valence-electron chi connectivity index (χ3n) is 3.96. The van der Waals surface area contributed by atoms with Gasteiger partial charge in [-0.2, -0.15) is 5.10 Å². The quantitative estimate of drug-likeness (QED) is 0.871. The zero-order valence-electron chi connectivity index (χ0n) is 11.8. The maximum Gasteiger partial charge on any atom is 0.137 e. The van der Waals surface area contributed by atoms with Gasteiger partial charge in [0, 0.05) is 30.2 Å². The average molecular weight is 309 g/mol. The van der Waals surface area contributed by atoms with E-state index in [2.05, 4.69) is 15.0 Å². The maximum absolute atomic E-state index is 13.9. The topological polar surface area (TPSA) is 34.0 Å². The lowest BCUT2D eigenvalue weighted by molar-refractivity contribution is 0.152. The van der Waals surface area contributed by atoms with Gasteiger partial charge >= 0.3 is 0 Å². The Morgan fingerprint density at radius 3 is 3.05 bits per heavy atom. The van der Waals surface area contributed by atoms with Crippen molar-refractivity contribution in [2.45, 2.75) is 25.9 Å². The molecule has 1 saturated heterocycles. The zero-order valence-corrected chi connectivity index (χ0v) is 12.5. The van der Waals surface area contributed by atoms with Gasteiger partial charge in [0.05, 0.1) is 0 Å². The van der Waals surface area contributed by atoms with Crippen LogP contribution in [0.15, 0.2) is 30.9 Å². The van der Waals surface area contributed by atoms with E-state index in [1.807, 2.05) is 4.68 Å². The highest BCUT2D eigenvalue weighted by molar-refractivity contribution is 6.31. The maximum atomic E-state index is 13.9. The predicted molar refractivity (Wildman–Crippen MR) is 79.4 cm³/mol. The first kappa shape index (κ1) is 14.5. The Kier molecular flexibility index (Phi) is 4.51. The molecule has 0 amide bonds. The lowest BCUT2D eigenvalue weighted by Gasteiger charge is -2.32. The van der Waals surface area contributed by atoms with E-state index >= 15 is 0 Å². The monoisotopic (exact) mass is 308 g/mol. The summed E-state index contributed by atoms with van der Waals surface area (Å²) >= 11 is 6.11. The molecule has 0 N–H and O–H groups in total. The van der Waals surface area contributed by atoms with E-state index in [1.165, 1.54) is 12.5 Å². The summed E-state index contributed by atoms with van der Waals surface area (Å²) in [4.78, 5) is 6.24. The van der Waals surface area contributed by atoms with Crippen molar-refractivity contribution in [1.29, 1.82) is 0 Å². The van der Waals surface area contributed by atoms with Gasteiger partial charge in [-0.3, -0.25) is 9.58 Å². The highest BCUT2D eigenvalue weighted by Crippen LogP contribution is 2.24. The van der Waals surface area contributed by atoms with Crippen molar-refractivity contribution in [3.8, 4) is 0 Å². The van der Waals surface area contributed by atoms with Crippen molar-refractivity contribution in [1.82, 2.24) is 19.7 Å². The van der Waals surface area contributed by atoms with E-state index in [1.54, 1.807) is 24.8 Å². The summed E-state index contributed by atoms with van der Waals surface area (Å²) < 4.78 is 15.7. The number of hydrogen-bond acceptors (Lipinski definition) is 3. The smallest absolute Gasteiger partial charge is 0.137 e. The Morgan fingerprint density at radius 2 is 2.29 bits per heavy atom. The van der Waals surface area contributed by atoms with Crippen molar-refractivity contribution in [3.05, 3.63) is 47.3 Å². The fourth-order valence-corrected chi connectivity index (χ4v) is 3.17. The molecule has 0 spiro atoms. The normalized spacial score (nSPS) is 19.8. The van der Waals surface area contributed by atoms with Crippen LogP contribution in [0.5, 0.6) is 0 Å². The molecule has 0 radical (unpaired) electrons. The van der Waals surface area contributed by atoms with Crippen LogP contribution in [0.2, 0.25) is 5.02 Å². The van der Waals surface area contributed by atoms with Crippen LogP contribution in [-0.4, -0.2) is 32.8 Å². The van der Waals surface area contributed by atoms with Crippen molar-refractivity contribution in [3.63, 3.8) is 0 Å². The predicted octanol–water partition coefficient (Wildman–Crippen LogP) is 2.98. The van der Waals surface area contributed by atoms with Crippen LogP contribution in [0, 0.1) is 11.7 Å². The van der Waals surface area contributed by atoms with Crippen LogP contribution in [0.25, 0.3) is 0 Å². The molecule has 6 heteroatoms. The molecule has 0 unspecified atom stereocenters. The summed E-state index contributed by atoms with van der Waals surface area (Å²) in [7, 11) is 0. The van der Waals surface area contributed by atoms with Crippen LogP contribution in [0.4, 0.5) is 4.39 Å². The highest BCUT2D eigenvalue weighted by atomic mass is 35.5. The third-order valence-corrected chi connectivity index (χ3v) is 4.31. The van der Waals surface area contributed by atoms with E-state index in [0.29, 0.717) is 23.0 Å². The summed E-state index contributed by atoms with van der Waals surface area (Å²) in [5.41, 5.74) is 0.598. The highest BCUT2D eigenvalue weighted by Gasteiger charge is 2.22. The Bertz CT molecular complexity index is 567. The van der Waals surface area contributed by atoms with Crippen molar-refractivity contribution >= 4 is 11.6 Å². The Hall–Kier alpha value is -1.46. The average Bonchev–Trinajstić information content (AvgIpc) is 2.96. The number of halogens is 2. The molecule has 3 rings (SSSR count). The molecular weight excluding hydrogens is 291 g/mol. The second-order valence-corrected chi connectivity index (χ2v) is 5.97. The number of aromatic nitrogens is 3. The Labute approximate surface area is 128 Å². The summed E-state index contributed by atoms with van der Waals surface area (Å²) in [6, 6.07) is 4.86. The van der Waals surface area contributed by atoms with Crippen LogP contribution >= 0.6 is 11.6 Å². The molecule has 21 heavy (non-hydrogen) atoms. The Morgan fingerprint density at radius 1 is 1.38 bits per heavy atom. The van der Waals surface area contributed by atoms with E-state index in [9.17, 15) is 4.39 Å². The largest absolute Gasteiger partial charge is 0.299 e. The molecule has 1 aliphatic heterocycles. The van der Waals surface area contributed by atoms with Crippen LogP contribution in [0.3, 0.4) is 0 Å². The van der Waals surface area contributed by atoms with Crippen LogP contribution < -0.4 is 0 Å². The molecule has 0 bridgehead atoms. The van der Waals surface area contributed by atoms with E-state index in [0.717, 1.165) is 26.1 Å². The minimum Gasteiger partial charge on any atom is -0.299 e. The van der Waals surface area contributed by atoms with Gasteiger partial charge in [0.25, 0.3) is 0 Å². The summed E-state index contributed by atoms with van der Waals surface area (Å²) in [6.45, 7) is 3.35.